The van der Waals surface area contributed by atoms with E-state index in [-0.39, 0.29) is 4.90 Å². The second kappa shape index (κ2) is 9.28. The lowest BCUT2D eigenvalue weighted by molar-refractivity contribution is -0.140. The van der Waals surface area contributed by atoms with Gasteiger partial charge < -0.3 is 15.3 Å². The number of rotatable bonds is 8. The molecule has 0 unspecified atom stereocenters. The minimum absolute atomic E-state index is 0.0740. The minimum atomic E-state index is -4.06. The van der Waals surface area contributed by atoms with Crippen LogP contribution in [0.3, 0.4) is 0 Å². The van der Waals surface area contributed by atoms with E-state index in [1.54, 1.807) is 32.0 Å². The van der Waals surface area contributed by atoms with Gasteiger partial charge in [0.05, 0.1) is 11.4 Å². The number of hydrogen-bond donors (Lipinski definition) is 3. The normalized spacial score (nSPS) is 13.6. The summed E-state index contributed by atoms with van der Waals surface area (Å²) in [5.41, 5.74) is 8.92. The fourth-order valence-corrected chi connectivity index (χ4v) is 4.99. The fourth-order valence-electron chi connectivity index (χ4n) is 3.64. The molecule has 0 aliphatic heterocycles. The first-order valence-corrected chi connectivity index (χ1v) is 12.2. The third kappa shape index (κ3) is 4.80. The number of carboxylic acid groups (broad SMARTS) is 1. The highest BCUT2D eigenvalue weighted by Crippen LogP contribution is 2.31. The highest BCUT2D eigenvalue weighted by atomic mass is 32.2. The largest absolute Gasteiger partial charge is 0.480 e. The molecular formula is C25H25N3O5S. The molecule has 0 bridgehead atoms. The van der Waals surface area contributed by atoms with Crippen molar-refractivity contribution in [2.75, 3.05) is 0 Å². The second-order valence-corrected chi connectivity index (χ2v) is 10.1. The van der Waals surface area contributed by atoms with Gasteiger partial charge in [-0.3, -0.25) is 9.79 Å². The van der Waals surface area contributed by atoms with Crippen LogP contribution in [0.2, 0.25) is 0 Å². The number of amidine groups is 1. The Balaban J connectivity index is 1.66. The minimum Gasteiger partial charge on any atom is -0.480 e. The third-order valence-corrected chi connectivity index (χ3v) is 6.98. The Morgan fingerprint density at radius 1 is 1.03 bits per heavy atom. The summed E-state index contributed by atoms with van der Waals surface area (Å²) >= 11 is 0. The summed E-state index contributed by atoms with van der Waals surface area (Å²) in [5, 5.41) is 10.8. The van der Waals surface area contributed by atoms with Crippen LogP contribution in [0.25, 0.3) is 21.9 Å². The number of nitrogens with one attached hydrogen (secondary N) is 1. The molecule has 1 heterocycles. The van der Waals surface area contributed by atoms with Gasteiger partial charge in [-0.2, -0.15) is 4.72 Å². The molecule has 8 nitrogen and oxygen atoms in total. The van der Waals surface area contributed by atoms with Gasteiger partial charge in [-0.25, -0.2) is 8.42 Å². The summed E-state index contributed by atoms with van der Waals surface area (Å²) in [4.78, 5) is 15.8. The van der Waals surface area contributed by atoms with E-state index in [1.807, 2.05) is 36.4 Å². The van der Waals surface area contributed by atoms with Crippen LogP contribution in [0, 0.1) is 5.92 Å². The number of aliphatic imine (C=N–C) groups is 1. The number of benzene rings is 3. The molecule has 0 radical (unpaired) electrons. The lowest BCUT2D eigenvalue weighted by Gasteiger charge is -2.17. The Labute approximate surface area is 197 Å². The molecule has 0 spiro atoms. The number of hydrogen-bond acceptors (Lipinski definition) is 5. The van der Waals surface area contributed by atoms with Crippen LogP contribution < -0.4 is 10.5 Å². The van der Waals surface area contributed by atoms with E-state index in [0.717, 1.165) is 16.5 Å². The monoisotopic (exact) mass is 479 g/mol. The lowest BCUT2D eigenvalue weighted by Crippen LogP contribution is -2.44. The summed E-state index contributed by atoms with van der Waals surface area (Å²) in [6, 6.07) is 18.4. The molecule has 9 heteroatoms. The van der Waals surface area contributed by atoms with Gasteiger partial charge in [0.15, 0.2) is 0 Å². The maximum Gasteiger partial charge on any atom is 0.322 e. The van der Waals surface area contributed by atoms with E-state index < -0.39 is 28.0 Å². The molecule has 0 saturated heterocycles. The quantitative estimate of drug-likeness (QED) is 0.259. The van der Waals surface area contributed by atoms with Crippen molar-refractivity contribution in [1.29, 1.82) is 0 Å². The SMILES string of the molecule is CC(C)[C@H](NS(=O)(=O)c1ccc2c(c1)oc1ccc(C(N)=NCc3ccccc3)cc12)C(=O)O. The third-order valence-electron chi connectivity index (χ3n) is 5.54. The number of nitrogens with zero attached hydrogens (tertiary/aromatic N) is 1. The zero-order chi connectivity index (χ0) is 24.5. The molecule has 34 heavy (non-hydrogen) atoms. The number of fused-ring (bicyclic) bond motifs is 3. The topological polar surface area (TPSA) is 135 Å². The summed E-state index contributed by atoms with van der Waals surface area (Å²) < 4.78 is 33.7. The van der Waals surface area contributed by atoms with Crippen molar-refractivity contribution < 1.29 is 22.7 Å². The molecule has 4 aromatic rings. The Kier molecular flexibility index (Phi) is 6.41. The number of sulfonamides is 1. The predicted molar refractivity (Wildman–Crippen MR) is 131 cm³/mol. The summed E-state index contributed by atoms with van der Waals surface area (Å²) in [5.74, 6) is -1.27. The maximum absolute atomic E-state index is 12.8. The van der Waals surface area contributed by atoms with Crippen LogP contribution in [0.5, 0.6) is 0 Å². The maximum atomic E-state index is 12.8. The second-order valence-electron chi connectivity index (χ2n) is 8.34. The molecule has 0 saturated carbocycles. The standard InChI is InChI=1S/C25H25N3O5S/c1-15(2)23(25(29)30)28-34(31,32)18-9-10-19-20-12-17(8-11-21(20)33-22(19)13-18)24(26)27-14-16-6-4-3-5-7-16/h3-13,15,23,28H,14H2,1-2H3,(H2,26,27)(H,29,30)/t23-/m0/s1. The van der Waals surface area contributed by atoms with Gasteiger partial charge >= 0.3 is 5.97 Å². The number of carbonyl (C=O) groups is 1. The Bertz CT molecular complexity index is 1490. The highest BCUT2D eigenvalue weighted by Gasteiger charge is 2.28. The average molecular weight is 480 g/mol. The first-order valence-electron chi connectivity index (χ1n) is 10.7. The van der Waals surface area contributed by atoms with Gasteiger partial charge in [0, 0.05) is 22.4 Å². The Morgan fingerprint density at radius 3 is 2.44 bits per heavy atom. The number of carboxylic acids is 1. The van der Waals surface area contributed by atoms with E-state index in [9.17, 15) is 18.3 Å². The predicted octanol–water partition coefficient (Wildman–Crippen LogP) is 3.88. The van der Waals surface area contributed by atoms with Crippen molar-refractivity contribution in [3.63, 3.8) is 0 Å². The van der Waals surface area contributed by atoms with Gasteiger partial charge in [0.25, 0.3) is 0 Å². The first-order chi connectivity index (χ1) is 16.2. The van der Waals surface area contributed by atoms with E-state index in [2.05, 4.69) is 9.71 Å². The van der Waals surface area contributed by atoms with Crippen molar-refractivity contribution in [2.24, 2.45) is 16.6 Å². The highest BCUT2D eigenvalue weighted by molar-refractivity contribution is 7.89. The van der Waals surface area contributed by atoms with Crippen LogP contribution in [0.4, 0.5) is 0 Å². The zero-order valence-corrected chi connectivity index (χ0v) is 19.5. The number of aliphatic carboxylic acids is 1. The van der Waals surface area contributed by atoms with Gasteiger partial charge in [0.1, 0.15) is 23.0 Å². The van der Waals surface area contributed by atoms with Gasteiger partial charge in [-0.05, 0) is 41.8 Å². The van der Waals surface area contributed by atoms with Crippen LogP contribution in [0.1, 0.15) is 25.0 Å². The lowest BCUT2D eigenvalue weighted by atomic mass is 10.1. The first kappa shape index (κ1) is 23.5. The summed E-state index contributed by atoms with van der Waals surface area (Å²) in [6.07, 6.45) is 0. The smallest absolute Gasteiger partial charge is 0.322 e. The van der Waals surface area contributed by atoms with Crippen LogP contribution >= 0.6 is 0 Å². The molecule has 4 rings (SSSR count). The van der Waals surface area contributed by atoms with E-state index in [0.29, 0.717) is 28.9 Å². The van der Waals surface area contributed by atoms with Gasteiger partial charge in [-0.1, -0.05) is 44.2 Å². The van der Waals surface area contributed by atoms with Crippen molar-refractivity contribution in [2.45, 2.75) is 31.3 Å². The average Bonchev–Trinajstić information content (AvgIpc) is 3.18. The molecule has 0 fully saturated rings. The van der Waals surface area contributed by atoms with Crippen molar-refractivity contribution in [1.82, 2.24) is 4.72 Å². The van der Waals surface area contributed by atoms with Gasteiger partial charge in [0.2, 0.25) is 10.0 Å². The molecule has 0 amide bonds. The van der Waals surface area contributed by atoms with E-state index >= 15 is 0 Å². The molecular weight excluding hydrogens is 454 g/mol. The Hall–Kier alpha value is -3.69. The molecule has 176 valence electrons. The van der Waals surface area contributed by atoms with Crippen LogP contribution in [-0.4, -0.2) is 31.4 Å². The van der Waals surface area contributed by atoms with Crippen LogP contribution in [-0.2, 0) is 21.4 Å². The fraction of sp³-hybridized carbons (Fsp3) is 0.200. The molecule has 1 aromatic heterocycles. The van der Waals surface area contributed by atoms with Crippen molar-refractivity contribution >= 4 is 43.8 Å². The number of nitrogens with two attached hydrogens (primary N) is 1. The van der Waals surface area contributed by atoms with E-state index in [4.69, 9.17) is 10.2 Å². The van der Waals surface area contributed by atoms with Crippen molar-refractivity contribution in [3.8, 4) is 0 Å². The van der Waals surface area contributed by atoms with Gasteiger partial charge in [-0.15, -0.1) is 0 Å². The Morgan fingerprint density at radius 2 is 1.76 bits per heavy atom. The van der Waals surface area contributed by atoms with E-state index in [1.165, 1.54) is 12.1 Å². The number of furan rings is 1. The summed E-state index contributed by atoms with van der Waals surface area (Å²) in [7, 11) is -4.06. The molecule has 0 aliphatic rings. The van der Waals surface area contributed by atoms with Crippen LogP contribution in [0.15, 0.2) is 81.0 Å². The summed E-state index contributed by atoms with van der Waals surface area (Å²) in [6.45, 7) is 3.73. The molecule has 3 aromatic carbocycles. The molecule has 0 aliphatic carbocycles. The molecule has 4 N–H and O–H groups in total. The molecule has 1 atom stereocenters. The van der Waals surface area contributed by atoms with Crippen molar-refractivity contribution in [3.05, 3.63) is 77.9 Å². The zero-order valence-electron chi connectivity index (χ0n) is 18.7.